The summed E-state index contributed by atoms with van der Waals surface area (Å²) in [6.07, 6.45) is 4.80. The normalized spacial score (nSPS) is 28.5. The van der Waals surface area contributed by atoms with Crippen LogP contribution in [0.15, 0.2) is 76.8 Å². The lowest BCUT2D eigenvalue weighted by atomic mass is 9.88. The molecule has 1 saturated heterocycles. The lowest BCUT2D eigenvalue weighted by Crippen LogP contribution is -2.53. The molecule has 1 heterocycles. The van der Waals surface area contributed by atoms with Crippen LogP contribution in [-0.2, 0) is 24.4 Å². The van der Waals surface area contributed by atoms with Crippen molar-refractivity contribution in [3.63, 3.8) is 0 Å². The largest absolute Gasteiger partial charge is 0.399 e. The van der Waals surface area contributed by atoms with Gasteiger partial charge in [-0.1, -0.05) is 59.8 Å². The molecule has 9 nitrogen and oxygen atoms in total. The van der Waals surface area contributed by atoms with Crippen LogP contribution in [0.5, 0.6) is 0 Å². The Morgan fingerprint density at radius 1 is 1.03 bits per heavy atom. The summed E-state index contributed by atoms with van der Waals surface area (Å²) in [6, 6.07) is 14.7. The van der Waals surface area contributed by atoms with E-state index in [1.807, 2.05) is 42.5 Å². The van der Waals surface area contributed by atoms with E-state index in [1.165, 1.54) is 7.11 Å². The van der Waals surface area contributed by atoms with E-state index in [9.17, 15) is 18.0 Å². The number of hydrogen-bond donors (Lipinski definition) is 2. The van der Waals surface area contributed by atoms with Crippen molar-refractivity contribution in [2.24, 2.45) is 28.6 Å². The number of oxime groups is 1. The number of carbonyl (C=O) groups excluding carboxylic acids is 2. The number of carbonyl (C=O) groups is 2. The van der Waals surface area contributed by atoms with Crippen LogP contribution in [0.25, 0.3) is 11.1 Å². The summed E-state index contributed by atoms with van der Waals surface area (Å²) in [5.74, 6) is -1.45. The first-order valence-electron chi connectivity index (χ1n) is 11.8. The summed E-state index contributed by atoms with van der Waals surface area (Å²) < 4.78 is 28.5. The minimum Gasteiger partial charge on any atom is -0.399 e. The molecule has 10 heteroatoms. The van der Waals surface area contributed by atoms with Crippen LogP contribution in [0.2, 0.25) is 0 Å². The highest BCUT2D eigenvalue weighted by Gasteiger charge is 2.50. The van der Waals surface area contributed by atoms with Gasteiger partial charge in [0.05, 0.1) is 23.1 Å². The number of primary amides is 1. The number of fused-ring (bicyclic) bond motifs is 2. The number of amides is 2. The highest BCUT2D eigenvalue weighted by atomic mass is 32.2. The zero-order chi connectivity index (χ0) is 25.4. The van der Waals surface area contributed by atoms with Crippen LogP contribution >= 0.6 is 0 Å². The van der Waals surface area contributed by atoms with Gasteiger partial charge in [0.15, 0.2) is 0 Å². The van der Waals surface area contributed by atoms with Crippen LogP contribution in [0.3, 0.4) is 0 Å². The van der Waals surface area contributed by atoms with Crippen molar-refractivity contribution in [1.82, 2.24) is 9.62 Å². The molecule has 0 spiro atoms. The minimum absolute atomic E-state index is 0.000513. The van der Waals surface area contributed by atoms with Crippen LogP contribution in [0.1, 0.15) is 12.8 Å². The maximum Gasteiger partial charge on any atom is 0.244 e. The molecule has 3 N–H and O–H groups in total. The van der Waals surface area contributed by atoms with Gasteiger partial charge in [-0.15, -0.1) is 0 Å². The number of nitrogens with two attached hydrogens (primary N) is 1. The second kappa shape index (κ2) is 9.51. The van der Waals surface area contributed by atoms with Gasteiger partial charge in [0.25, 0.3) is 0 Å². The Morgan fingerprint density at radius 2 is 1.69 bits per heavy atom. The van der Waals surface area contributed by atoms with Gasteiger partial charge >= 0.3 is 0 Å². The molecule has 0 radical (unpaired) electrons. The van der Waals surface area contributed by atoms with E-state index in [0.717, 1.165) is 21.9 Å². The molecule has 36 heavy (non-hydrogen) atoms. The smallest absolute Gasteiger partial charge is 0.244 e. The van der Waals surface area contributed by atoms with Crippen molar-refractivity contribution in [2.75, 3.05) is 13.7 Å². The quantitative estimate of drug-likeness (QED) is 0.436. The monoisotopic (exact) mass is 508 g/mol. The average molecular weight is 509 g/mol. The second-order valence-electron chi connectivity index (χ2n) is 9.41. The fraction of sp³-hybridized carbons (Fsp3) is 0.346. The zero-order valence-electron chi connectivity index (χ0n) is 19.8. The molecule has 5 rings (SSSR count). The van der Waals surface area contributed by atoms with Crippen LogP contribution in [0.4, 0.5) is 0 Å². The number of rotatable bonds is 7. The van der Waals surface area contributed by atoms with Crippen LogP contribution in [0, 0.1) is 17.8 Å². The Hall–Kier alpha value is -3.50. The van der Waals surface area contributed by atoms with Crippen molar-refractivity contribution in [3.8, 4) is 11.1 Å². The number of hydrogen-bond acceptors (Lipinski definition) is 6. The maximum absolute atomic E-state index is 13.6. The molecule has 0 unspecified atom stereocenters. The summed E-state index contributed by atoms with van der Waals surface area (Å²) in [4.78, 5) is 30.5. The molecule has 2 aromatic carbocycles. The van der Waals surface area contributed by atoms with Gasteiger partial charge in [0, 0.05) is 12.5 Å². The van der Waals surface area contributed by atoms with Crippen molar-refractivity contribution in [2.45, 2.75) is 29.8 Å². The molecule has 0 aromatic heterocycles. The number of nitrogens with one attached hydrogen (secondary N) is 1. The Morgan fingerprint density at radius 3 is 2.36 bits per heavy atom. The van der Waals surface area contributed by atoms with E-state index in [-0.39, 0.29) is 29.7 Å². The topological polar surface area (TPSA) is 131 Å². The second-order valence-corrected chi connectivity index (χ2v) is 11.3. The Balaban J connectivity index is 1.40. The SMILES string of the molecule is CON=C1C[C@@H](C(=O)N[C@@H]2[C@H](C(N)=O)[C@H]3C=C[C@@H]2C3)N(S(=O)(=O)c2ccc(-c3ccccc3)cc2)C1. The Kier molecular flexibility index (Phi) is 6.40. The van der Waals surface area contributed by atoms with Crippen molar-refractivity contribution in [3.05, 3.63) is 66.7 Å². The number of allylic oxidation sites excluding steroid dienone is 1. The first-order chi connectivity index (χ1) is 17.3. The van der Waals surface area contributed by atoms with Gasteiger partial charge < -0.3 is 15.9 Å². The lowest BCUT2D eigenvalue weighted by molar-refractivity contribution is -0.127. The summed E-state index contributed by atoms with van der Waals surface area (Å²) in [5.41, 5.74) is 7.93. The maximum atomic E-state index is 13.6. The molecule has 2 aromatic rings. The lowest BCUT2D eigenvalue weighted by Gasteiger charge is -2.29. The van der Waals surface area contributed by atoms with Crippen LogP contribution < -0.4 is 11.1 Å². The molecule has 3 aliphatic rings. The standard InChI is InChI=1S/C26H28N4O5S/c1-35-29-20-14-22(26(32)28-24-19-8-7-18(13-19)23(24)25(27)31)30(15-20)36(33,34)21-11-9-17(10-12-21)16-5-3-2-4-6-16/h2-12,18-19,22-24H,13-15H2,1H3,(H2,27,31)(H,28,32)/t18-,19+,22-,23+,24-/m0/s1. The number of nitrogens with zero attached hydrogens (tertiary/aromatic N) is 2. The van der Waals surface area contributed by atoms with Gasteiger partial charge in [-0.3, -0.25) is 9.59 Å². The van der Waals surface area contributed by atoms with E-state index in [4.69, 9.17) is 10.6 Å². The summed E-state index contributed by atoms with van der Waals surface area (Å²) in [6.45, 7) is -0.0649. The predicted octanol–water partition coefficient (Wildman–Crippen LogP) is 1.91. The van der Waals surface area contributed by atoms with Crippen molar-refractivity contribution in [1.29, 1.82) is 0 Å². The van der Waals surface area contributed by atoms with Crippen molar-refractivity contribution >= 4 is 27.5 Å². The van der Waals surface area contributed by atoms with E-state index in [1.54, 1.807) is 24.3 Å². The third kappa shape index (κ3) is 4.31. The molecule has 2 fully saturated rings. The molecule has 2 amide bonds. The van der Waals surface area contributed by atoms with Gasteiger partial charge in [0.2, 0.25) is 21.8 Å². The van der Waals surface area contributed by atoms with Gasteiger partial charge in [-0.05, 0) is 41.5 Å². The van der Waals surface area contributed by atoms with E-state index >= 15 is 0 Å². The Labute approximate surface area is 210 Å². The van der Waals surface area contributed by atoms with Gasteiger partial charge in [0.1, 0.15) is 13.2 Å². The van der Waals surface area contributed by atoms with E-state index in [0.29, 0.717) is 5.71 Å². The number of sulfonamides is 1. The summed E-state index contributed by atoms with van der Waals surface area (Å²) >= 11 is 0. The van der Waals surface area contributed by atoms with E-state index in [2.05, 4.69) is 10.5 Å². The molecule has 2 bridgehead atoms. The van der Waals surface area contributed by atoms with Gasteiger partial charge in [-0.25, -0.2) is 8.42 Å². The first kappa shape index (κ1) is 24.2. The van der Waals surface area contributed by atoms with Crippen molar-refractivity contribution < 1.29 is 22.8 Å². The van der Waals surface area contributed by atoms with E-state index < -0.39 is 39.8 Å². The molecule has 188 valence electrons. The average Bonchev–Trinajstić information content (AvgIpc) is 3.60. The summed E-state index contributed by atoms with van der Waals surface area (Å²) in [5, 5.41) is 6.86. The molecular weight excluding hydrogens is 480 g/mol. The zero-order valence-corrected chi connectivity index (χ0v) is 20.6. The third-order valence-corrected chi connectivity index (χ3v) is 9.17. The van der Waals surface area contributed by atoms with Crippen LogP contribution in [-0.4, -0.2) is 56.0 Å². The highest BCUT2D eigenvalue weighted by molar-refractivity contribution is 7.89. The molecule has 1 saturated carbocycles. The number of benzene rings is 2. The fourth-order valence-corrected chi connectivity index (χ4v) is 7.18. The first-order valence-corrected chi connectivity index (χ1v) is 13.3. The molecule has 1 aliphatic heterocycles. The molecular formula is C26H28N4O5S. The third-order valence-electron chi connectivity index (χ3n) is 7.30. The fourth-order valence-electron chi connectivity index (χ4n) is 5.60. The highest BCUT2D eigenvalue weighted by Crippen LogP contribution is 2.43. The van der Waals surface area contributed by atoms with Gasteiger partial charge in [-0.2, -0.15) is 4.31 Å². The Bertz CT molecular complexity index is 1320. The molecule has 2 aliphatic carbocycles. The minimum atomic E-state index is -4.03. The predicted molar refractivity (Wildman–Crippen MR) is 134 cm³/mol. The summed E-state index contributed by atoms with van der Waals surface area (Å²) in [7, 11) is -2.65. The molecule has 5 atom stereocenters.